The highest BCUT2D eigenvalue weighted by Gasteiger charge is 2.21. The molecule has 0 spiro atoms. The van der Waals surface area contributed by atoms with Gasteiger partial charge in [0.15, 0.2) is 0 Å². The topological polar surface area (TPSA) is 19.7 Å². The highest BCUT2D eigenvalue weighted by Crippen LogP contribution is 2.38. The fourth-order valence-corrected chi connectivity index (χ4v) is 10.3. The Morgan fingerprint density at radius 3 is 1.52 bits per heavy atom. The first-order valence-electron chi connectivity index (χ1n) is 20.9. The summed E-state index contributed by atoms with van der Waals surface area (Å²) in [4.78, 5) is 0. The lowest BCUT2D eigenvalue weighted by Gasteiger charge is -2.14. The monoisotopic (exact) mass is 766 g/mol. The van der Waals surface area contributed by atoms with Gasteiger partial charge in [0.05, 0.1) is 44.1 Å². The van der Waals surface area contributed by atoms with E-state index in [4.69, 9.17) is 0 Å². The molecule has 4 aromatic heterocycles. The van der Waals surface area contributed by atoms with Crippen LogP contribution in [-0.4, -0.2) is 18.3 Å². The fourth-order valence-electron chi connectivity index (χ4n) is 10.3. The standard InChI is InChI=1S/C56H38N4/c1-2-19-45-48-36-40(60-51-28-11-6-22-43(51)44-23-7-12-29-52(44)60)32-33-56(48)58(53(45)25-3-1)38-17-14-16-37(34-38)57-54-30-13-8-24-46(54)47-35-39(18-15-31-55(47)57)59-49-26-9-4-20-41(49)42-21-5-10-27-50(42)59/h2-14,16-36H,1,15H2. The van der Waals surface area contributed by atoms with E-state index in [2.05, 4.69) is 225 Å². The van der Waals surface area contributed by atoms with Crippen molar-refractivity contribution in [1.29, 1.82) is 0 Å². The van der Waals surface area contributed by atoms with E-state index in [0.717, 1.165) is 29.9 Å². The second-order valence-electron chi connectivity index (χ2n) is 16.0. The molecule has 0 aliphatic heterocycles. The van der Waals surface area contributed by atoms with E-state index < -0.39 is 0 Å². The average molecular weight is 767 g/mol. The summed E-state index contributed by atoms with van der Waals surface area (Å²) in [6.45, 7) is 0. The normalized spacial score (nSPS) is 13.8. The van der Waals surface area contributed by atoms with Gasteiger partial charge in [-0.2, -0.15) is 0 Å². The number of allylic oxidation sites excluding steroid dienone is 4. The molecule has 4 heteroatoms. The minimum Gasteiger partial charge on any atom is -0.310 e. The lowest BCUT2D eigenvalue weighted by Crippen LogP contribution is -2.28. The summed E-state index contributed by atoms with van der Waals surface area (Å²) in [5.74, 6) is 0. The van der Waals surface area contributed by atoms with Gasteiger partial charge in [0.25, 0.3) is 0 Å². The maximum atomic E-state index is 2.47. The predicted molar refractivity (Wildman–Crippen MR) is 254 cm³/mol. The molecule has 0 N–H and O–H groups in total. The van der Waals surface area contributed by atoms with Gasteiger partial charge in [-0.25, -0.2) is 0 Å². The Kier molecular flexibility index (Phi) is 7.10. The molecule has 0 unspecified atom stereocenters. The summed E-state index contributed by atoms with van der Waals surface area (Å²) in [5.41, 5.74) is 14.4. The highest BCUT2D eigenvalue weighted by molar-refractivity contribution is 6.12. The van der Waals surface area contributed by atoms with Crippen molar-refractivity contribution in [2.45, 2.75) is 12.8 Å². The zero-order valence-electron chi connectivity index (χ0n) is 32.8. The number of rotatable bonds is 4. The molecule has 282 valence electrons. The number of hydrogen-bond acceptors (Lipinski definition) is 0. The van der Waals surface area contributed by atoms with Gasteiger partial charge < -0.3 is 18.3 Å². The molecular formula is C56H38N4. The summed E-state index contributed by atoms with van der Waals surface area (Å²) < 4.78 is 9.78. The molecule has 4 nitrogen and oxygen atoms in total. The minimum atomic E-state index is 0.816. The zero-order valence-corrected chi connectivity index (χ0v) is 32.8. The third-order valence-electron chi connectivity index (χ3n) is 12.8. The van der Waals surface area contributed by atoms with Crippen LogP contribution in [0.1, 0.15) is 24.1 Å². The van der Waals surface area contributed by atoms with Crippen molar-refractivity contribution in [2.75, 3.05) is 0 Å². The molecule has 0 bridgehead atoms. The van der Waals surface area contributed by atoms with Crippen LogP contribution in [0.25, 0.3) is 112 Å². The number of fused-ring (bicyclic) bond motifs is 12. The second kappa shape index (κ2) is 12.8. The van der Waals surface area contributed by atoms with Crippen molar-refractivity contribution in [3.63, 3.8) is 0 Å². The first-order valence-corrected chi connectivity index (χ1v) is 20.9. The lowest BCUT2D eigenvalue weighted by molar-refractivity contribution is 1.04. The Morgan fingerprint density at radius 1 is 0.350 bits per heavy atom. The van der Waals surface area contributed by atoms with Crippen LogP contribution in [-0.2, 0) is 0 Å². The molecule has 2 aliphatic carbocycles. The summed E-state index contributed by atoms with van der Waals surface area (Å²) in [6, 6.07) is 60.0. The fraction of sp³-hybridized carbons (Fsp3) is 0.0357. The first-order chi connectivity index (χ1) is 29.8. The quantitative estimate of drug-likeness (QED) is 0.170. The van der Waals surface area contributed by atoms with E-state index in [1.165, 1.54) is 92.9 Å². The minimum absolute atomic E-state index is 0.816. The van der Waals surface area contributed by atoms with Crippen LogP contribution in [0, 0.1) is 0 Å². The van der Waals surface area contributed by atoms with Crippen LogP contribution in [0.15, 0.2) is 182 Å². The SMILES string of the molecule is C1=Cc2c(n(-c3cccc(-n4c5c(c6ccccc64)=CC(n4c6ccccc6c6ccccc64)=CCC=5)c3)c3ccc(-n4c5ccccc5c5ccccc54)cc23)C=CC1. The predicted octanol–water partition coefficient (Wildman–Crippen LogP) is 12.7. The van der Waals surface area contributed by atoms with Crippen molar-refractivity contribution in [2.24, 2.45) is 0 Å². The summed E-state index contributed by atoms with van der Waals surface area (Å²) >= 11 is 0. The zero-order chi connectivity index (χ0) is 39.3. The van der Waals surface area contributed by atoms with Gasteiger partial charge in [-0.15, -0.1) is 0 Å². The van der Waals surface area contributed by atoms with Gasteiger partial charge in [-0.05, 0) is 91.7 Å². The molecule has 0 atom stereocenters. The molecule has 0 radical (unpaired) electrons. The van der Waals surface area contributed by atoms with Crippen LogP contribution in [0.4, 0.5) is 0 Å². The van der Waals surface area contributed by atoms with Gasteiger partial charge in [0.1, 0.15) is 0 Å². The molecule has 0 fully saturated rings. The number of aromatic nitrogens is 4. The van der Waals surface area contributed by atoms with E-state index in [-0.39, 0.29) is 0 Å². The molecule has 11 aromatic rings. The molecular weight excluding hydrogens is 729 g/mol. The lowest BCUT2D eigenvalue weighted by atomic mass is 10.1. The number of hydrogen-bond donors (Lipinski definition) is 0. The third-order valence-corrected chi connectivity index (χ3v) is 12.8. The maximum Gasteiger partial charge on any atom is 0.0542 e. The molecule has 13 rings (SSSR count). The van der Waals surface area contributed by atoms with E-state index in [0.29, 0.717) is 0 Å². The van der Waals surface area contributed by atoms with E-state index in [1.54, 1.807) is 0 Å². The van der Waals surface area contributed by atoms with Crippen LogP contribution >= 0.6 is 0 Å². The summed E-state index contributed by atoms with van der Waals surface area (Å²) in [5, 5.41) is 10.0. The Hall–Kier alpha value is -7.82. The van der Waals surface area contributed by atoms with Crippen molar-refractivity contribution >= 4 is 95.4 Å². The van der Waals surface area contributed by atoms with Crippen LogP contribution < -0.4 is 10.6 Å². The highest BCUT2D eigenvalue weighted by atomic mass is 15.0. The number of nitrogens with zero attached hydrogens (tertiary/aromatic N) is 4. The molecule has 4 heterocycles. The van der Waals surface area contributed by atoms with E-state index in [9.17, 15) is 0 Å². The number of benzene rings is 7. The van der Waals surface area contributed by atoms with E-state index >= 15 is 0 Å². The van der Waals surface area contributed by atoms with Crippen molar-refractivity contribution < 1.29 is 0 Å². The average Bonchev–Trinajstić information content (AvgIpc) is 3.88. The van der Waals surface area contributed by atoms with Gasteiger partial charge in [0.2, 0.25) is 0 Å². The summed E-state index contributed by atoms with van der Waals surface area (Å²) in [6.07, 6.45) is 18.1. The molecule has 0 saturated heterocycles. The smallest absolute Gasteiger partial charge is 0.0542 e. The van der Waals surface area contributed by atoms with Gasteiger partial charge in [0, 0.05) is 65.9 Å². The van der Waals surface area contributed by atoms with Gasteiger partial charge >= 0.3 is 0 Å². The van der Waals surface area contributed by atoms with Gasteiger partial charge in [-0.3, -0.25) is 0 Å². The summed E-state index contributed by atoms with van der Waals surface area (Å²) in [7, 11) is 0. The van der Waals surface area contributed by atoms with Crippen molar-refractivity contribution in [3.8, 4) is 17.1 Å². The molecule has 2 aliphatic rings. The van der Waals surface area contributed by atoms with Crippen LogP contribution in [0.5, 0.6) is 0 Å². The molecule has 0 saturated carbocycles. The Morgan fingerprint density at radius 2 is 0.867 bits per heavy atom. The van der Waals surface area contributed by atoms with Crippen molar-refractivity contribution in [1.82, 2.24) is 18.3 Å². The molecule has 0 amide bonds. The number of para-hydroxylation sites is 5. The second-order valence-corrected chi connectivity index (χ2v) is 16.0. The van der Waals surface area contributed by atoms with Crippen molar-refractivity contribution in [3.05, 3.63) is 204 Å². The largest absolute Gasteiger partial charge is 0.310 e. The third kappa shape index (κ3) is 4.73. The Labute approximate surface area is 346 Å². The van der Waals surface area contributed by atoms with E-state index in [1.807, 2.05) is 0 Å². The van der Waals surface area contributed by atoms with Crippen LogP contribution in [0.2, 0.25) is 0 Å². The maximum absolute atomic E-state index is 2.47. The molecule has 7 aromatic carbocycles. The molecule has 60 heavy (non-hydrogen) atoms. The Balaban J connectivity index is 1.00. The first kappa shape index (κ1) is 33.2. The Bertz CT molecular complexity index is 3730. The van der Waals surface area contributed by atoms with Crippen LogP contribution in [0.3, 0.4) is 0 Å². The van der Waals surface area contributed by atoms with Gasteiger partial charge in [-0.1, -0.05) is 127 Å².